The summed E-state index contributed by atoms with van der Waals surface area (Å²) in [6.45, 7) is 0.607. The third-order valence-electron chi connectivity index (χ3n) is 3.58. The number of anilines is 1. The molecule has 19 heavy (non-hydrogen) atoms. The summed E-state index contributed by atoms with van der Waals surface area (Å²) >= 11 is 0. The third kappa shape index (κ3) is 3.84. The number of nitrogens with zero attached hydrogens (tertiary/aromatic N) is 1. The smallest absolute Gasteiger partial charge is 0.338 e. The first kappa shape index (κ1) is 13.6. The van der Waals surface area contributed by atoms with E-state index in [-0.39, 0.29) is 11.3 Å². The van der Waals surface area contributed by atoms with E-state index in [1.165, 1.54) is 50.8 Å². The average Bonchev–Trinajstić information content (AvgIpc) is 2.66. The van der Waals surface area contributed by atoms with Crippen LogP contribution < -0.4 is 10.5 Å². The summed E-state index contributed by atoms with van der Waals surface area (Å²) in [7, 11) is 0. The van der Waals surface area contributed by atoms with Gasteiger partial charge in [-0.3, -0.25) is 0 Å². The third-order valence-corrected chi connectivity index (χ3v) is 3.58. The molecule has 1 aliphatic rings. The number of pyridine rings is 1. The molecule has 5 nitrogen and oxygen atoms in total. The molecule has 0 bridgehead atoms. The Kier molecular flexibility index (Phi) is 4.60. The maximum absolute atomic E-state index is 11.0. The number of ether oxygens (including phenoxy) is 1. The van der Waals surface area contributed by atoms with Gasteiger partial charge in [0.2, 0.25) is 5.88 Å². The number of nitrogens with two attached hydrogens (primary N) is 1. The van der Waals surface area contributed by atoms with Crippen molar-refractivity contribution in [2.75, 3.05) is 12.3 Å². The molecule has 1 aromatic rings. The Labute approximate surface area is 112 Å². The molecule has 0 aromatic carbocycles. The highest BCUT2D eigenvalue weighted by molar-refractivity contribution is 5.93. The molecule has 0 spiro atoms. The molecule has 0 aliphatic heterocycles. The fourth-order valence-electron chi connectivity index (χ4n) is 2.44. The lowest BCUT2D eigenvalue weighted by Gasteiger charge is -2.14. The Bertz CT molecular complexity index is 440. The van der Waals surface area contributed by atoms with E-state index >= 15 is 0 Å². The van der Waals surface area contributed by atoms with Crippen molar-refractivity contribution < 1.29 is 14.6 Å². The summed E-state index contributed by atoms with van der Waals surface area (Å²) in [6, 6.07) is 1.40. The topological polar surface area (TPSA) is 85.4 Å². The summed E-state index contributed by atoms with van der Waals surface area (Å²) < 4.78 is 5.62. The Morgan fingerprint density at radius 2 is 2.05 bits per heavy atom. The summed E-state index contributed by atoms with van der Waals surface area (Å²) in [5.41, 5.74) is 5.76. The minimum atomic E-state index is -1.06. The van der Waals surface area contributed by atoms with Gasteiger partial charge < -0.3 is 15.6 Å². The monoisotopic (exact) mass is 264 g/mol. The molecule has 3 N–H and O–H groups in total. The van der Waals surface area contributed by atoms with E-state index in [1.807, 2.05) is 0 Å². The van der Waals surface area contributed by atoms with Crippen molar-refractivity contribution in [3.05, 3.63) is 17.8 Å². The Morgan fingerprint density at radius 1 is 1.37 bits per heavy atom. The first-order valence-corrected chi connectivity index (χ1v) is 6.78. The van der Waals surface area contributed by atoms with Crippen molar-refractivity contribution in [3.8, 4) is 5.88 Å². The molecule has 0 saturated heterocycles. The van der Waals surface area contributed by atoms with E-state index in [0.29, 0.717) is 18.4 Å². The van der Waals surface area contributed by atoms with Gasteiger partial charge in [0.05, 0.1) is 24.1 Å². The van der Waals surface area contributed by atoms with E-state index in [4.69, 9.17) is 15.6 Å². The molecule has 0 amide bonds. The molecule has 1 aromatic heterocycles. The van der Waals surface area contributed by atoms with Crippen molar-refractivity contribution >= 4 is 11.7 Å². The first-order chi connectivity index (χ1) is 9.16. The van der Waals surface area contributed by atoms with Gasteiger partial charge in [0.1, 0.15) is 0 Å². The zero-order valence-electron chi connectivity index (χ0n) is 11.0. The van der Waals surface area contributed by atoms with E-state index < -0.39 is 5.97 Å². The van der Waals surface area contributed by atoms with Crippen LogP contribution in [-0.4, -0.2) is 22.7 Å². The summed E-state index contributed by atoms with van der Waals surface area (Å²) in [4.78, 5) is 15.0. The van der Waals surface area contributed by atoms with Crippen LogP contribution in [0.25, 0.3) is 0 Å². The first-order valence-electron chi connectivity index (χ1n) is 6.78. The minimum absolute atomic E-state index is 0.0471. The predicted octanol–water partition coefficient (Wildman–Crippen LogP) is 2.71. The number of carboxylic acids is 1. The molecule has 0 atom stereocenters. The SMILES string of the molecule is Nc1cnc(OCC2CCCCCC2)cc1C(=O)O. The van der Waals surface area contributed by atoms with E-state index in [9.17, 15) is 4.79 Å². The van der Waals surface area contributed by atoms with Gasteiger partial charge in [-0.2, -0.15) is 0 Å². The highest BCUT2D eigenvalue weighted by atomic mass is 16.5. The predicted molar refractivity (Wildman–Crippen MR) is 72.3 cm³/mol. The molecule has 2 rings (SSSR count). The maximum atomic E-state index is 11.0. The molecule has 5 heteroatoms. The molecule has 0 unspecified atom stereocenters. The minimum Gasteiger partial charge on any atom is -0.478 e. The second-order valence-electron chi connectivity index (χ2n) is 5.08. The molecule has 104 valence electrons. The van der Waals surface area contributed by atoms with E-state index in [0.717, 1.165) is 0 Å². The van der Waals surface area contributed by atoms with Gasteiger partial charge in [-0.1, -0.05) is 25.7 Å². The Hall–Kier alpha value is -1.78. The van der Waals surface area contributed by atoms with Crippen molar-refractivity contribution in [3.63, 3.8) is 0 Å². The normalized spacial score (nSPS) is 16.8. The standard InChI is InChI=1S/C14H20N2O3/c15-12-8-16-13(7-11(12)14(17)18)19-9-10-5-3-1-2-4-6-10/h7-8,10H,1-6,9,15H2,(H,17,18). The summed E-state index contributed by atoms with van der Waals surface area (Å²) in [6.07, 6.45) is 8.82. The van der Waals surface area contributed by atoms with Crippen molar-refractivity contribution in [1.82, 2.24) is 4.98 Å². The highest BCUT2D eigenvalue weighted by Gasteiger charge is 2.15. The van der Waals surface area contributed by atoms with E-state index in [1.54, 1.807) is 0 Å². The number of hydrogen-bond acceptors (Lipinski definition) is 4. The number of aromatic carboxylic acids is 1. The van der Waals surface area contributed by atoms with Crippen molar-refractivity contribution in [2.24, 2.45) is 5.92 Å². The number of rotatable bonds is 4. The fourth-order valence-corrected chi connectivity index (χ4v) is 2.44. The lowest BCUT2D eigenvalue weighted by molar-refractivity contribution is 0.0697. The van der Waals surface area contributed by atoms with Gasteiger partial charge in [0.25, 0.3) is 0 Å². The van der Waals surface area contributed by atoms with Gasteiger partial charge in [0, 0.05) is 6.07 Å². The fraction of sp³-hybridized carbons (Fsp3) is 0.571. The molecular weight excluding hydrogens is 244 g/mol. The van der Waals surface area contributed by atoms with Crippen LogP contribution in [0.15, 0.2) is 12.3 Å². The zero-order valence-corrected chi connectivity index (χ0v) is 11.0. The van der Waals surface area contributed by atoms with Crippen LogP contribution in [0.5, 0.6) is 5.88 Å². The summed E-state index contributed by atoms with van der Waals surface area (Å²) in [5.74, 6) is -0.162. The number of carboxylic acid groups (broad SMARTS) is 1. The van der Waals surface area contributed by atoms with Crippen LogP contribution in [0.2, 0.25) is 0 Å². The van der Waals surface area contributed by atoms with Crippen LogP contribution in [0.1, 0.15) is 48.9 Å². The van der Waals surface area contributed by atoms with Crippen LogP contribution in [0.4, 0.5) is 5.69 Å². The average molecular weight is 264 g/mol. The molecule has 1 heterocycles. The molecular formula is C14H20N2O3. The van der Waals surface area contributed by atoms with Crippen molar-refractivity contribution in [1.29, 1.82) is 0 Å². The van der Waals surface area contributed by atoms with Gasteiger partial charge in [-0.05, 0) is 18.8 Å². The number of nitrogen functional groups attached to an aromatic ring is 1. The Balaban J connectivity index is 1.95. The van der Waals surface area contributed by atoms with E-state index in [2.05, 4.69) is 4.98 Å². The van der Waals surface area contributed by atoms with Gasteiger partial charge in [0.15, 0.2) is 0 Å². The number of carbonyl (C=O) groups is 1. The lowest BCUT2D eigenvalue weighted by atomic mass is 10.0. The van der Waals surface area contributed by atoms with Crippen LogP contribution in [0.3, 0.4) is 0 Å². The number of aromatic nitrogens is 1. The second kappa shape index (κ2) is 6.41. The molecule has 1 fully saturated rings. The quantitative estimate of drug-likeness (QED) is 0.817. The lowest BCUT2D eigenvalue weighted by Crippen LogP contribution is -2.12. The molecule has 1 aliphatic carbocycles. The van der Waals surface area contributed by atoms with Gasteiger partial charge >= 0.3 is 5.97 Å². The van der Waals surface area contributed by atoms with Crippen LogP contribution >= 0.6 is 0 Å². The molecule has 0 radical (unpaired) electrons. The maximum Gasteiger partial charge on any atom is 0.338 e. The second-order valence-corrected chi connectivity index (χ2v) is 5.08. The van der Waals surface area contributed by atoms with Crippen LogP contribution in [-0.2, 0) is 0 Å². The van der Waals surface area contributed by atoms with Crippen molar-refractivity contribution in [2.45, 2.75) is 38.5 Å². The largest absolute Gasteiger partial charge is 0.478 e. The summed E-state index contributed by atoms with van der Waals surface area (Å²) in [5, 5.41) is 8.98. The van der Waals surface area contributed by atoms with Gasteiger partial charge in [-0.25, -0.2) is 9.78 Å². The Morgan fingerprint density at radius 3 is 2.68 bits per heavy atom. The highest BCUT2D eigenvalue weighted by Crippen LogP contribution is 2.24. The van der Waals surface area contributed by atoms with Crippen LogP contribution in [0, 0.1) is 5.92 Å². The van der Waals surface area contributed by atoms with Gasteiger partial charge in [-0.15, -0.1) is 0 Å². The zero-order chi connectivity index (χ0) is 13.7. The number of hydrogen-bond donors (Lipinski definition) is 2. The molecule has 1 saturated carbocycles.